The zero-order valence-electron chi connectivity index (χ0n) is 11.8. The van der Waals surface area contributed by atoms with Crippen LogP contribution in [0.2, 0.25) is 0 Å². The van der Waals surface area contributed by atoms with Gasteiger partial charge in [-0.2, -0.15) is 0 Å². The molecule has 0 aliphatic rings. The van der Waals surface area contributed by atoms with E-state index in [2.05, 4.69) is 20.5 Å². The first kappa shape index (κ1) is 15.1. The number of anilines is 1. The number of hydrogen-bond donors (Lipinski definition) is 1. The Bertz CT molecular complexity index is 737. The maximum atomic E-state index is 11.6. The van der Waals surface area contributed by atoms with Crippen LogP contribution in [0.5, 0.6) is 0 Å². The van der Waals surface area contributed by atoms with Gasteiger partial charge in [-0.3, -0.25) is 10.2 Å². The third kappa shape index (κ3) is 4.09. The van der Waals surface area contributed by atoms with Gasteiger partial charge in [-0.15, -0.1) is 0 Å². The minimum absolute atomic E-state index is 0.415. The minimum Gasteiger partial charge on any atom is -0.298 e. The fourth-order valence-electron chi connectivity index (χ4n) is 1.74. The molecular formula is C15H13N5O2. The van der Waals surface area contributed by atoms with Crippen molar-refractivity contribution in [2.24, 2.45) is 10.3 Å². The second-order valence-corrected chi connectivity index (χ2v) is 4.25. The molecule has 0 atom stereocenters. The van der Waals surface area contributed by atoms with Crippen molar-refractivity contribution in [1.29, 1.82) is 0 Å². The lowest BCUT2D eigenvalue weighted by atomic mass is 10.1. The van der Waals surface area contributed by atoms with E-state index in [4.69, 9.17) is 10.4 Å². The molecule has 0 unspecified atom stereocenters. The van der Waals surface area contributed by atoms with Gasteiger partial charge in [-0.05, 0) is 24.6 Å². The van der Waals surface area contributed by atoms with Crippen LogP contribution in [-0.4, -0.2) is 11.8 Å². The van der Waals surface area contributed by atoms with Crippen molar-refractivity contribution in [2.45, 2.75) is 6.92 Å². The first-order valence-electron chi connectivity index (χ1n) is 6.43. The van der Waals surface area contributed by atoms with Gasteiger partial charge in [0.25, 0.3) is 0 Å². The molecule has 0 aliphatic carbocycles. The maximum absolute atomic E-state index is 11.6. The Morgan fingerprint density at radius 3 is 2.55 bits per heavy atom. The summed E-state index contributed by atoms with van der Waals surface area (Å²) in [5.74, 6) is 0. The molecule has 1 amide bonds. The van der Waals surface area contributed by atoms with Crippen molar-refractivity contribution in [3.63, 3.8) is 0 Å². The Morgan fingerprint density at radius 2 is 1.82 bits per heavy atom. The number of nitrogens with one attached hydrogen (secondary N) is 1. The average Bonchev–Trinajstić information content (AvgIpc) is 2.54. The molecule has 0 spiro atoms. The van der Waals surface area contributed by atoms with Crippen molar-refractivity contribution < 1.29 is 9.63 Å². The van der Waals surface area contributed by atoms with E-state index in [1.54, 1.807) is 55.5 Å². The van der Waals surface area contributed by atoms with E-state index in [0.29, 0.717) is 22.6 Å². The molecule has 2 aromatic rings. The van der Waals surface area contributed by atoms with Crippen LogP contribution in [0.25, 0.3) is 10.4 Å². The topological polar surface area (TPSA) is 99.5 Å². The predicted molar refractivity (Wildman–Crippen MR) is 84.0 cm³/mol. The summed E-state index contributed by atoms with van der Waals surface area (Å²) in [6, 6.07) is 15.8. The van der Waals surface area contributed by atoms with E-state index >= 15 is 0 Å². The molecule has 7 nitrogen and oxygen atoms in total. The van der Waals surface area contributed by atoms with Gasteiger partial charge in [-0.1, -0.05) is 52.7 Å². The summed E-state index contributed by atoms with van der Waals surface area (Å²) in [5.41, 5.74) is 10.6. The molecule has 0 fully saturated rings. The first-order valence-corrected chi connectivity index (χ1v) is 6.43. The average molecular weight is 295 g/mol. The van der Waals surface area contributed by atoms with Crippen LogP contribution in [0.15, 0.2) is 64.9 Å². The zero-order valence-corrected chi connectivity index (χ0v) is 11.8. The highest BCUT2D eigenvalue weighted by atomic mass is 16.7. The fourth-order valence-corrected chi connectivity index (χ4v) is 1.74. The number of amides is 1. The molecule has 22 heavy (non-hydrogen) atoms. The summed E-state index contributed by atoms with van der Waals surface area (Å²) in [4.78, 5) is 19.2. The number of benzene rings is 2. The summed E-state index contributed by atoms with van der Waals surface area (Å²) in [5, 5.41) is 9.86. The third-order valence-corrected chi connectivity index (χ3v) is 2.73. The van der Waals surface area contributed by atoms with Crippen molar-refractivity contribution in [1.82, 2.24) is 0 Å². The second-order valence-electron chi connectivity index (χ2n) is 4.25. The molecule has 110 valence electrons. The van der Waals surface area contributed by atoms with Gasteiger partial charge in [0, 0.05) is 21.8 Å². The highest BCUT2D eigenvalue weighted by Gasteiger charge is 2.06. The van der Waals surface area contributed by atoms with Gasteiger partial charge in [0.15, 0.2) is 0 Å². The van der Waals surface area contributed by atoms with Crippen LogP contribution in [0.1, 0.15) is 12.5 Å². The number of rotatable bonds is 4. The number of oxime groups is 1. The Morgan fingerprint density at radius 1 is 1.14 bits per heavy atom. The Labute approximate surface area is 126 Å². The van der Waals surface area contributed by atoms with Crippen LogP contribution in [0, 0.1) is 0 Å². The minimum atomic E-state index is -0.702. The lowest BCUT2D eigenvalue weighted by Crippen LogP contribution is -2.11. The van der Waals surface area contributed by atoms with E-state index in [9.17, 15) is 4.79 Å². The molecule has 0 bridgehead atoms. The predicted octanol–water partition coefficient (Wildman–Crippen LogP) is 4.60. The van der Waals surface area contributed by atoms with Crippen molar-refractivity contribution in [3.05, 3.63) is 70.6 Å². The quantitative estimate of drug-likeness (QED) is 0.222. The largest absolute Gasteiger partial charge is 0.437 e. The monoisotopic (exact) mass is 295 g/mol. The zero-order chi connectivity index (χ0) is 15.8. The van der Waals surface area contributed by atoms with E-state index in [1.165, 1.54) is 0 Å². The number of carbonyl (C=O) groups is 1. The molecule has 2 aromatic carbocycles. The van der Waals surface area contributed by atoms with Crippen LogP contribution in [0.3, 0.4) is 0 Å². The molecule has 0 aliphatic heterocycles. The lowest BCUT2D eigenvalue weighted by molar-refractivity contribution is 0.166. The summed E-state index contributed by atoms with van der Waals surface area (Å²) in [6.45, 7) is 1.65. The maximum Gasteiger partial charge on any atom is 0.437 e. The van der Waals surface area contributed by atoms with Gasteiger partial charge in [0.2, 0.25) is 0 Å². The SMILES string of the molecule is CC(=NOC(=O)Nc1ccccc1)c1ccccc1N=[N+]=[N-]. The van der Waals surface area contributed by atoms with E-state index in [1.807, 2.05) is 6.07 Å². The van der Waals surface area contributed by atoms with E-state index in [0.717, 1.165) is 0 Å². The summed E-state index contributed by atoms with van der Waals surface area (Å²) in [7, 11) is 0. The van der Waals surface area contributed by atoms with E-state index < -0.39 is 6.09 Å². The Balaban J connectivity index is 2.07. The highest BCUT2D eigenvalue weighted by molar-refractivity contribution is 6.02. The Hall–Kier alpha value is -3.31. The highest BCUT2D eigenvalue weighted by Crippen LogP contribution is 2.19. The van der Waals surface area contributed by atoms with Crippen molar-refractivity contribution in [3.8, 4) is 0 Å². The van der Waals surface area contributed by atoms with Crippen LogP contribution >= 0.6 is 0 Å². The molecule has 0 aromatic heterocycles. The van der Waals surface area contributed by atoms with Crippen molar-refractivity contribution in [2.75, 3.05) is 5.32 Å². The van der Waals surface area contributed by atoms with Gasteiger partial charge < -0.3 is 0 Å². The molecule has 7 heteroatoms. The first-order chi connectivity index (χ1) is 10.7. The summed E-state index contributed by atoms with van der Waals surface area (Å²) in [6.07, 6.45) is -0.702. The number of para-hydroxylation sites is 1. The lowest BCUT2D eigenvalue weighted by Gasteiger charge is -2.05. The normalized spacial score (nSPS) is 10.5. The Kier molecular flexibility index (Phi) is 5.12. The smallest absolute Gasteiger partial charge is 0.298 e. The van der Waals surface area contributed by atoms with Crippen LogP contribution in [-0.2, 0) is 4.84 Å². The second kappa shape index (κ2) is 7.47. The van der Waals surface area contributed by atoms with Crippen molar-refractivity contribution >= 4 is 23.2 Å². The van der Waals surface area contributed by atoms with Crippen LogP contribution < -0.4 is 5.32 Å². The molecule has 0 heterocycles. The van der Waals surface area contributed by atoms with Gasteiger partial charge >= 0.3 is 6.09 Å². The number of carbonyl (C=O) groups excluding carboxylic acids is 1. The number of nitrogens with zero attached hydrogens (tertiary/aromatic N) is 4. The molecule has 1 N–H and O–H groups in total. The number of hydrogen-bond acceptors (Lipinski definition) is 4. The third-order valence-electron chi connectivity index (χ3n) is 2.73. The van der Waals surface area contributed by atoms with Crippen LogP contribution in [0.4, 0.5) is 16.2 Å². The summed E-state index contributed by atoms with van der Waals surface area (Å²) < 4.78 is 0. The van der Waals surface area contributed by atoms with Gasteiger partial charge in [-0.25, -0.2) is 4.79 Å². The standard InChI is InChI=1S/C15H13N5O2/c1-11(13-9-5-6-10-14(13)18-20-16)19-22-15(21)17-12-7-3-2-4-8-12/h2-10H,1H3,(H,17,21). The molecule has 0 saturated heterocycles. The van der Waals surface area contributed by atoms with E-state index in [-0.39, 0.29) is 0 Å². The molecule has 0 radical (unpaired) electrons. The molecular weight excluding hydrogens is 282 g/mol. The summed E-state index contributed by atoms with van der Waals surface area (Å²) >= 11 is 0. The van der Waals surface area contributed by atoms with Gasteiger partial charge in [0.05, 0.1) is 5.71 Å². The molecule has 0 saturated carbocycles. The number of azide groups is 1. The fraction of sp³-hybridized carbons (Fsp3) is 0.0667. The van der Waals surface area contributed by atoms with Gasteiger partial charge in [0.1, 0.15) is 0 Å². The molecule has 2 rings (SSSR count).